The molecule has 0 fully saturated rings. The first kappa shape index (κ1) is 14.0. The van der Waals surface area contributed by atoms with Gasteiger partial charge in [-0.3, -0.25) is 0 Å². The Morgan fingerprint density at radius 3 is 2.86 bits per heavy atom. The highest BCUT2D eigenvalue weighted by Gasteiger charge is 2.11. The van der Waals surface area contributed by atoms with Gasteiger partial charge in [-0.15, -0.1) is 11.3 Å². The molecule has 1 aromatic carbocycles. The monoisotopic (exact) mass is 323 g/mol. The fourth-order valence-electron chi connectivity index (χ4n) is 1.99. The Balaban J connectivity index is 2.05. The molecule has 3 rings (SSSR count). The predicted molar refractivity (Wildman–Crippen MR) is 83.4 cm³/mol. The highest BCUT2D eigenvalue weighted by molar-refractivity contribution is 7.18. The van der Waals surface area contributed by atoms with Crippen LogP contribution in [0.15, 0.2) is 24.3 Å². The lowest BCUT2D eigenvalue weighted by Crippen LogP contribution is -1.97. The van der Waals surface area contributed by atoms with Crippen molar-refractivity contribution in [2.45, 2.75) is 6.92 Å². The molecule has 0 atom stereocenters. The summed E-state index contributed by atoms with van der Waals surface area (Å²) in [6.07, 6.45) is 0. The highest BCUT2D eigenvalue weighted by atomic mass is 35.5. The van der Waals surface area contributed by atoms with Crippen LogP contribution in [0, 0.1) is 12.7 Å². The van der Waals surface area contributed by atoms with Crippen LogP contribution in [0.1, 0.15) is 4.88 Å². The third-order valence-corrected chi connectivity index (χ3v) is 4.02. The van der Waals surface area contributed by atoms with Gasteiger partial charge in [-0.2, -0.15) is 4.98 Å². The van der Waals surface area contributed by atoms with E-state index in [4.69, 9.17) is 16.3 Å². The molecule has 0 amide bonds. The number of fused-ring (bicyclic) bond motifs is 1. The number of nitrogens with one attached hydrogen (secondary N) is 1. The average Bonchev–Trinajstić information content (AvgIpc) is 2.81. The lowest BCUT2D eigenvalue weighted by Gasteiger charge is -2.09. The fraction of sp³-hybridized carbons (Fsp3) is 0.143. The summed E-state index contributed by atoms with van der Waals surface area (Å²) >= 11 is 7.48. The van der Waals surface area contributed by atoms with Crippen LogP contribution in [-0.2, 0) is 0 Å². The van der Waals surface area contributed by atoms with Crippen LogP contribution in [0.2, 0.25) is 5.28 Å². The fourth-order valence-corrected chi connectivity index (χ4v) is 3.08. The Hall–Kier alpha value is -1.92. The van der Waals surface area contributed by atoms with Crippen LogP contribution in [-0.4, -0.2) is 17.1 Å². The normalized spacial score (nSPS) is 10.9. The third-order valence-electron chi connectivity index (χ3n) is 2.90. The van der Waals surface area contributed by atoms with E-state index in [1.54, 1.807) is 23.5 Å². The van der Waals surface area contributed by atoms with E-state index in [0.717, 1.165) is 15.1 Å². The zero-order valence-electron chi connectivity index (χ0n) is 11.3. The number of anilines is 2. The first-order chi connectivity index (χ1) is 10.1. The molecule has 0 unspecified atom stereocenters. The summed E-state index contributed by atoms with van der Waals surface area (Å²) in [7, 11) is 1.42. The Bertz CT molecular complexity index is 821. The first-order valence-electron chi connectivity index (χ1n) is 6.11. The van der Waals surface area contributed by atoms with E-state index in [-0.39, 0.29) is 11.0 Å². The smallest absolute Gasteiger partial charge is 0.225 e. The number of methoxy groups -OCH3 is 1. The summed E-state index contributed by atoms with van der Waals surface area (Å²) in [5.74, 6) is 0.334. The summed E-state index contributed by atoms with van der Waals surface area (Å²) in [5.41, 5.74) is 0.660. The number of thiophene rings is 1. The largest absolute Gasteiger partial charge is 0.494 e. The second kappa shape index (κ2) is 5.46. The molecule has 1 N–H and O–H groups in total. The van der Waals surface area contributed by atoms with E-state index in [9.17, 15) is 4.39 Å². The molecule has 7 heteroatoms. The van der Waals surface area contributed by atoms with Gasteiger partial charge in [0.1, 0.15) is 10.6 Å². The van der Waals surface area contributed by atoms with E-state index in [1.165, 1.54) is 13.2 Å². The zero-order valence-corrected chi connectivity index (χ0v) is 12.8. The van der Waals surface area contributed by atoms with Crippen LogP contribution < -0.4 is 10.1 Å². The minimum Gasteiger partial charge on any atom is -0.494 e. The second-order valence-corrected chi connectivity index (χ2v) is 5.96. The number of rotatable bonds is 3. The highest BCUT2D eigenvalue weighted by Crippen LogP contribution is 2.32. The molecule has 2 heterocycles. The van der Waals surface area contributed by atoms with Crippen molar-refractivity contribution in [1.29, 1.82) is 0 Å². The molecule has 0 radical (unpaired) electrons. The van der Waals surface area contributed by atoms with Gasteiger partial charge in [-0.05, 0) is 36.7 Å². The molecule has 0 aliphatic rings. The zero-order chi connectivity index (χ0) is 15.0. The quantitative estimate of drug-likeness (QED) is 0.719. The van der Waals surface area contributed by atoms with Gasteiger partial charge in [0.05, 0.1) is 12.5 Å². The minimum atomic E-state index is -0.416. The molecule has 108 valence electrons. The average molecular weight is 324 g/mol. The van der Waals surface area contributed by atoms with Crippen molar-refractivity contribution < 1.29 is 9.13 Å². The first-order valence-corrected chi connectivity index (χ1v) is 7.30. The molecule has 4 nitrogen and oxygen atoms in total. The molecule has 0 saturated carbocycles. The number of hydrogen-bond donors (Lipinski definition) is 1. The Kier molecular flexibility index (Phi) is 3.65. The van der Waals surface area contributed by atoms with Gasteiger partial charge < -0.3 is 10.1 Å². The van der Waals surface area contributed by atoms with Gasteiger partial charge in [0.25, 0.3) is 0 Å². The number of benzene rings is 1. The van der Waals surface area contributed by atoms with E-state index in [0.29, 0.717) is 11.5 Å². The molecule has 0 aliphatic heterocycles. The van der Waals surface area contributed by atoms with Crippen molar-refractivity contribution in [3.63, 3.8) is 0 Å². The molecular weight excluding hydrogens is 313 g/mol. The number of hydrogen-bond acceptors (Lipinski definition) is 5. The summed E-state index contributed by atoms with van der Waals surface area (Å²) < 4.78 is 18.4. The predicted octanol–water partition coefficient (Wildman–Crippen LogP) is 4.54. The lowest BCUT2D eigenvalue weighted by atomic mass is 10.2. The summed E-state index contributed by atoms with van der Waals surface area (Å²) in [5, 5.41) is 4.17. The van der Waals surface area contributed by atoms with Gasteiger partial charge in [-0.1, -0.05) is 0 Å². The molecule has 2 aromatic heterocycles. The van der Waals surface area contributed by atoms with E-state index in [2.05, 4.69) is 15.3 Å². The van der Waals surface area contributed by atoms with Crippen molar-refractivity contribution in [1.82, 2.24) is 9.97 Å². The van der Waals surface area contributed by atoms with E-state index < -0.39 is 5.82 Å². The maximum Gasteiger partial charge on any atom is 0.225 e. The van der Waals surface area contributed by atoms with Crippen LogP contribution in [0.25, 0.3) is 10.2 Å². The number of aromatic nitrogens is 2. The van der Waals surface area contributed by atoms with Gasteiger partial charge in [0, 0.05) is 16.6 Å². The van der Waals surface area contributed by atoms with Crippen molar-refractivity contribution in [3.8, 4) is 5.75 Å². The van der Waals surface area contributed by atoms with Crippen LogP contribution in [0.5, 0.6) is 5.75 Å². The maximum atomic E-state index is 13.4. The molecule has 0 bridgehead atoms. The van der Waals surface area contributed by atoms with Gasteiger partial charge >= 0.3 is 0 Å². The number of halogens is 2. The van der Waals surface area contributed by atoms with Crippen molar-refractivity contribution in [2.75, 3.05) is 12.4 Å². The van der Waals surface area contributed by atoms with Gasteiger partial charge in [0.15, 0.2) is 11.6 Å². The van der Waals surface area contributed by atoms with Gasteiger partial charge in [-0.25, -0.2) is 9.37 Å². The van der Waals surface area contributed by atoms with Crippen molar-refractivity contribution >= 4 is 44.7 Å². The summed E-state index contributed by atoms with van der Waals surface area (Å²) in [6.45, 7) is 1.99. The molecule has 0 aliphatic carbocycles. The molecule has 0 saturated heterocycles. The Labute approximate surface area is 129 Å². The van der Waals surface area contributed by atoms with E-state index in [1.807, 2.05) is 13.0 Å². The second-order valence-electron chi connectivity index (χ2n) is 4.39. The Morgan fingerprint density at radius 1 is 1.29 bits per heavy atom. The topological polar surface area (TPSA) is 47.0 Å². The number of aryl methyl sites for hydroxylation is 1. The molecule has 3 aromatic rings. The van der Waals surface area contributed by atoms with Crippen LogP contribution in [0.4, 0.5) is 15.9 Å². The van der Waals surface area contributed by atoms with Crippen LogP contribution in [0.3, 0.4) is 0 Å². The van der Waals surface area contributed by atoms with Crippen molar-refractivity contribution in [3.05, 3.63) is 40.2 Å². The molecule has 0 spiro atoms. The Morgan fingerprint density at radius 2 is 2.10 bits per heavy atom. The lowest BCUT2D eigenvalue weighted by molar-refractivity contribution is 0.387. The van der Waals surface area contributed by atoms with Gasteiger partial charge in [0.2, 0.25) is 5.28 Å². The van der Waals surface area contributed by atoms with Crippen LogP contribution >= 0.6 is 22.9 Å². The number of nitrogens with zero attached hydrogens (tertiary/aromatic N) is 2. The van der Waals surface area contributed by atoms with Crippen molar-refractivity contribution in [2.24, 2.45) is 0 Å². The van der Waals surface area contributed by atoms with E-state index >= 15 is 0 Å². The third kappa shape index (κ3) is 2.77. The SMILES string of the molecule is COc1cc(Nc2nc(Cl)nc3sc(C)cc23)ccc1F. The molecular formula is C14H11ClFN3OS. The molecule has 21 heavy (non-hydrogen) atoms. The minimum absolute atomic E-state index is 0.165. The summed E-state index contributed by atoms with van der Waals surface area (Å²) in [6, 6.07) is 6.49. The summed E-state index contributed by atoms with van der Waals surface area (Å²) in [4.78, 5) is 10.3. The number of ether oxygens (including phenoxy) is 1. The standard InChI is InChI=1S/C14H11ClFN3OS/c1-7-5-9-12(18-14(15)19-13(9)21-7)17-8-3-4-10(16)11(6-8)20-2/h3-6H,1-2H3,(H,17,18,19). The maximum absolute atomic E-state index is 13.4.